The van der Waals surface area contributed by atoms with Gasteiger partial charge in [0.25, 0.3) is 5.91 Å². The summed E-state index contributed by atoms with van der Waals surface area (Å²) in [6.07, 6.45) is 1.93. The lowest BCUT2D eigenvalue weighted by atomic mass is 9.93. The Labute approximate surface area is 149 Å². The Hall–Kier alpha value is -2.14. The molecule has 1 amide bonds. The van der Waals surface area contributed by atoms with Crippen molar-refractivity contribution in [3.05, 3.63) is 52.8 Å². The lowest BCUT2D eigenvalue weighted by Gasteiger charge is -2.37. The van der Waals surface area contributed by atoms with Crippen molar-refractivity contribution in [1.82, 2.24) is 14.7 Å². The van der Waals surface area contributed by atoms with Gasteiger partial charge in [-0.25, -0.2) is 0 Å². The monoisotopic (exact) mass is 341 g/mol. The molecule has 0 aliphatic carbocycles. The van der Waals surface area contributed by atoms with Gasteiger partial charge in [0.05, 0.1) is 12.2 Å². The molecule has 0 radical (unpaired) electrons. The molecule has 0 saturated carbocycles. The number of rotatable bonds is 4. The van der Waals surface area contributed by atoms with Gasteiger partial charge in [-0.05, 0) is 63.3 Å². The van der Waals surface area contributed by atoms with Crippen molar-refractivity contribution < 1.29 is 9.90 Å². The molecule has 1 aliphatic rings. The maximum atomic E-state index is 13.0. The van der Waals surface area contributed by atoms with Crippen LogP contribution in [-0.2, 0) is 6.54 Å². The first-order valence-electron chi connectivity index (χ1n) is 8.99. The van der Waals surface area contributed by atoms with Crippen molar-refractivity contribution in [1.29, 1.82) is 0 Å². The van der Waals surface area contributed by atoms with Crippen molar-refractivity contribution in [2.45, 2.75) is 46.2 Å². The van der Waals surface area contributed by atoms with Crippen LogP contribution in [0.25, 0.3) is 0 Å². The van der Waals surface area contributed by atoms with E-state index in [1.807, 2.05) is 47.7 Å². The molecule has 5 nitrogen and oxygen atoms in total. The fourth-order valence-electron chi connectivity index (χ4n) is 3.59. The first kappa shape index (κ1) is 17.7. The van der Waals surface area contributed by atoms with E-state index in [9.17, 15) is 9.90 Å². The van der Waals surface area contributed by atoms with E-state index < -0.39 is 0 Å². The van der Waals surface area contributed by atoms with E-state index in [2.05, 4.69) is 18.1 Å². The first-order valence-corrected chi connectivity index (χ1v) is 8.99. The van der Waals surface area contributed by atoms with Gasteiger partial charge in [0.15, 0.2) is 0 Å². The number of aryl methyl sites for hydroxylation is 2. The van der Waals surface area contributed by atoms with Crippen molar-refractivity contribution in [2.75, 3.05) is 13.2 Å². The summed E-state index contributed by atoms with van der Waals surface area (Å²) in [5, 5.41) is 13.9. The molecule has 2 unspecified atom stereocenters. The highest BCUT2D eigenvalue weighted by Crippen LogP contribution is 2.24. The number of carbonyl (C=O) groups is 1. The third-order valence-corrected chi connectivity index (χ3v) is 5.11. The summed E-state index contributed by atoms with van der Waals surface area (Å²) in [7, 11) is 0. The van der Waals surface area contributed by atoms with Gasteiger partial charge < -0.3 is 10.0 Å². The number of aliphatic hydroxyl groups is 1. The number of hydrogen-bond acceptors (Lipinski definition) is 3. The van der Waals surface area contributed by atoms with Gasteiger partial charge in [-0.3, -0.25) is 9.48 Å². The summed E-state index contributed by atoms with van der Waals surface area (Å²) in [6.45, 7) is 7.56. The Morgan fingerprint density at radius 2 is 2.08 bits per heavy atom. The lowest BCUT2D eigenvalue weighted by molar-refractivity contribution is 0.0489. The molecular formula is C20H27N3O2. The zero-order valence-corrected chi connectivity index (χ0v) is 15.3. The quantitative estimate of drug-likeness (QED) is 0.930. The van der Waals surface area contributed by atoms with Crippen LogP contribution in [0.4, 0.5) is 0 Å². The van der Waals surface area contributed by atoms with E-state index in [4.69, 9.17) is 0 Å². The Morgan fingerprint density at radius 1 is 1.28 bits per heavy atom. The molecule has 1 aromatic heterocycles. The second-order valence-corrected chi connectivity index (χ2v) is 7.22. The van der Waals surface area contributed by atoms with Crippen LogP contribution >= 0.6 is 0 Å². The third-order valence-electron chi connectivity index (χ3n) is 5.11. The van der Waals surface area contributed by atoms with Crippen LogP contribution in [0.1, 0.15) is 47.1 Å². The molecular weight excluding hydrogens is 314 g/mol. The summed E-state index contributed by atoms with van der Waals surface area (Å²) >= 11 is 0. The van der Waals surface area contributed by atoms with Gasteiger partial charge in [-0.15, -0.1) is 0 Å². The van der Waals surface area contributed by atoms with E-state index >= 15 is 0 Å². The molecule has 5 heteroatoms. The summed E-state index contributed by atoms with van der Waals surface area (Å²) in [5.41, 5.74) is 3.90. The normalized spacial score (nSPS) is 20.7. The maximum Gasteiger partial charge on any atom is 0.254 e. The third kappa shape index (κ3) is 3.93. The van der Waals surface area contributed by atoms with Gasteiger partial charge in [0, 0.05) is 30.5 Å². The average Bonchev–Trinajstić information content (AvgIpc) is 2.92. The molecule has 2 atom stereocenters. The second kappa shape index (κ2) is 7.40. The van der Waals surface area contributed by atoms with E-state index in [1.54, 1.807) is 0 Å². The van der Waals surface area contributed by atoms with Crippen molar-refractivity contribution in [2.24, 2.45) is 5.92 Å². The number of carbonyl (C=O) groups excluding carboxylic acids is 1. The topological polar surface area (TPSA) is 58.4 Å². The minimum atomic E-state index is 0.0564. The number of likely N-dealkylation sites (tertiary alicyclic amines) is 1. The number of aliphatic hydroxyl groups excluding tert-OH is 1. The number of nitrogens with zero attached hydrogens (tertiary/aromatic N) is 3. The van der Waals surface area contributed by atoms with E-state index in [0.29, 0.717) is 18.7 Å². The molecule has 1 aliphatic heterocycles. The molecule has 0 bridgehead atoms. The van der Waals surface area contributed by atoms with Gasteiger partial charge in [-0.1, -0.05) is 12.1 Å². The smallest absolute Gasteiger partial charge is 0.254 e. The van der Waals surface area contributed by atoms with E-state index in [1.165, 1.54) is 0 Å². The summed E-state index contributed by atoms with van der Waals surface area (Å²) in [6, 6.07) is 10.1. The Bertz CT molecular complexity index is 753. The fourth-order valence-corrected chi connectivity index (χ4v) is 3.59. The van der Waals surface area contributed by atoms with E-state index in [0.717, 1.165) is 29.8 Å². The van der Waals surface area contributed by atoms with Crippen LogP contribution in [0, 0.1) is 19.8 Å². The fraction of sp³-hybridized carbons (Fsp3) is 0.500. The largest absolute Gasteiger partial charge is 0.396 e. The highest BCUT2D eigenvalue weighted by molar-refractivity contribution is 5.94. The highest BCUT2D eigenvalue weighted by atomic mass is 16.3. The summed E-state index contributed by atoms with van der Waals surface area (Å²) in [4.78, 5) is 14.9. The molecule has 2 heterocycles. The van der Waals surface area contributed by atoms with Crippen molar-refractivity contribution in [3.8, 4) is 0 Å². The van der Waals surface area contributed by atoms with Crippen LogP contribution < -0.4 is 0 Å². The minimum absolute atomic E-state index is 0.0564. The lowest BCUT2D eigenvalue weighted by Crippen LogP contribution is -2.46. The molecule has 3 rings (SSSR count). The van der Waals surface area contributed by atoms with Crippen molar-refractivity contribution in [3.63, 3.8) is 0 Å². The average molecular weight is 341 g/mol. The zero-order valence-electron chi connectivity index (χ0n) is 15.3. The number of amides is 1. The van der Waals surface area contributed by atoms with E-state index in [-0.39, 0.29) is 24.5 Å². The summed E-state index contributed by atoms with van der Waals surface area (Å²) in [5.74, 6) is 0.249. The molecule has 134 valence electrons. The van der Waals surface area contributed by atoms with Crippen LogP contribution in [0.15, 0.2) is 30.3 Å². The van der Waals surface area contributed by atoms with Crippen LogP contribution in [-0.4, -0.2) is 44.9 Å². The molecule has 25 heavy (non-hydrogen) atoms. The second-order valence-electron chi connectivity index (χ2n) is 7.22. The Balaban J connectivity index is 1.78. The standard InChI is InChI=1S/C20H27N3O2/c1-14-9-16(3)23(21-14)12-17-5-4-6-19(10-17)20(25)22-11-18(13-24)8-7-15(22)2/h4-6,9-10,15,18,24H,7-8,11-13H2,1-3H3. The van der Waals surface area contributed by atoms with Gasteiger partial charge in [0.1, 0.15) is 0 Å². The summed E-state index contributed by atoms with van der Waals surface area (Å²) < 4.78 is 1.96. The van der Waals surface area contributed by atoms with Crippen LogP contribution in [0.5, 0.6) is 0 Å². The number of benzene rings is 1. The van der Waals surface area contributed by atoms with Gasteiger partial charge >= 0.3 is 0 Å². The SMILES string of the molecule is Cc1cc(C)n(Cc2cccc(C(=O)N3CC(CO)CCC3C)c2)n1. The first-order chi connectivity index (χ1) is 12.0. The maximum absolute atomic E-state index is 13.0. The predicted molar refractivity (Wildman–Crippen MR) is 97.6 cm³/mol. The van der Waals surface area contributed by atoms with Crippen LogP contribution in [0.2, 0.25) is 0 Å². The Morgan fingerprint density at radius 3 is 2.76 bits per heavy atom. The minimum Gasteiger partial charge on any atom is -0.396 e. The molecule has 1 N–H and O–H groups in total. The molecule has 2 aromatic rings. The predicted octanol–water partition coefficient (Wildman–Crippen LogP) is 2.78. The molecule has 0 spiro atoms. The molecule has 1 aromatic carbocycles. The Kier molecular flexibility index (Phi) is 5.23. The number of piperidine rings is 1. The van der Waals surface area contributed by atoms with Gasteiger partial charge in [-0.2, -0.15) is 5.10 Å². The number of hydrogen-bond donors (Lipinski definition) is 1. The molecule has 1 saturated heterocycles. The zero-order chi connectivity index (χ0) is 18.0. The highest BCUT2D eigenvalue weighted by Gasteiger charge is 2.29. The molecule has 1 fully saturated rings. The van der Waals surface area contributed by atoms with Gasteiger partial charge in [0.2, 0.25) is 0 Å². The number of aromatic nitrogens is 2. The van der Waals surface area contributed by atoms with Crippen LogP contribution in [0.3, 0.4) is 0 Å². The van der Waals surface area contributed by atoms with Crippen molar-refractivity contribution >= 4 is 5.91 Å².